The lowest BCUT2D eigenvalue weighted by atomic mass is 9.75. The average molecular weight is 470 g/mol. The molecule has 0 spiro atoms. The summed E-state index contributed by atoms with van der Waals surface area (Å²) >= 11 is 0. The van der Waals surface area contributed by atoms with Crippen LogP contribution >= 0.6 is 0 Å². The van der Waals surface area contributed by atoms with Crippen LogP contribution in [0.4, 0.5) is 18.9 Å². The molecule has 2 aromatic rings. The van der Waals surface area contributed by atoms with Crippen LogP contribution in [0.25, 0.3) is 0 Å². The Bertz CT molecular complexity index is 1120. The van der Waals surface area contributed by atoms with Crippen LogP contribution in [0.5, 0.6) is 0 Å². The number of halogens is 3. The summed E-state index contributed by atoms with van der Waals surface area (Å²) in [6.45, 7) is 9.12. The van der Waals surface area contributed by atoms with E-state index in [0.29, 0.717) is 22.3 Å². The lowest BCUT2D eigenvalue weighted by Gasteiger charge is -2.32. The minimum absolute atomic E-state index is 0.0740. The fourth-order valence-electron chi connectivity index (χ4n) is 3.49. The van der Waals surface area contributed by atoms with E-state index in [1.807, 2.05) is 27.7 Å². The van der Waals surface area contributed by atoms with Gasteiger partial charge in [0.15, 0.2) is 0 Å². The fourth-order valence-corrected chi connectivity index (χ4v) is 4.28. The Morgan fingerprint density at radius 3 is 2.19 bits per heavy atom. The second-order valence-electron chi connectivity index (χ2n) is 8.83. The number of hydrogen-bond donors (Lipinski definition) is 2. The number of primary sulfonamides is 1. The molecule has 0 aromatic heterocycles. The largest absolute Gasteiger partial charge is 0.497 e. The first kappa shape index (κ1) is 24.6. The van der Waals surface area contributed by atoms with E-state index in [1.54, 1.807) is 13.0 Å². The van der Waals surface area contributed by atoms with Crippen LogP contribution in [0, 0.1) is 6.92 Å². The van der Waals surface area contributed by atoms with Crippen molar-refractivity contribution in [3.05, 3.63) is 53.1 Å². The first-order valence-electron chi connectivity index (χ1n) is 9.95. The van der Waals surface area contributed by atoms with Crippen LogP contribution < -0.4 is 15.9 Å². The number of hydrogen-bond acceptors (Lipinski definition) is 5. The number of benzene rings is 2. The zero-order chi connectivity index (χ0) is 24.1. The van der Waals surface area contributed by atoms with Gasteiger partial charge in [0.1, 0.15) is 0 Å². The summed E-state index contributed by atoms with van der Waals surface area (Å²) in [4.78, 5) is -0.0770. The van der Waals surface area contributed by atoms with E-state index in [9.17, 15) is 21.6 Å². The monoisotopic (exact) mass is 470 g/mol. The second kappa shape index (κ2) is 8.05. The molecule has 174 valence electrons. The highest BCUT2D eigenvalue weighted by atomic mass is 32.2. The molecule has 0 bridgehead atoms. The smallest absolute Gasteiger partial charge is 0.399 e. The molecule has 6 nitrogen and oxygen atoms in total. The van der Waals surface area contributed by atoms with E-state index in [0.717, 1.165) is 12.1 Å². The van der Waals surface area contributed by atoms with Gasteiger partial charge < -0.3 is 14.6 Å². The molecular formula is C21H26BF3N2O4S. The summed E-state index contributed by atoms with van der Waals surface area (Å²) in [5, 5.41) is 8.46. The van der Waals surface area contributed by atoms with Crippen molar-refractivity contribution >= 4 is 28.3 Å². The Kier molecular flexibility index (Phi) is 6.18. The van der Waals surface area contributed by atoms with Crippen molar-refractivity contribution in [3.8, 4) is 0 Å². The molecule has 1 heterocycles. The Hall–Kier alpha value is -2.08. The maximum Gasteiger partial charge on any atom is 0.497 e. The maximum absolute atomic E-state index is 13.0. The molecule has 11 heteroatoms. The highest BCUT2D eigenvalue weighted by molar-refractivity contribution is 7.89. The van der Waals surface area contributed by atoms with E-state index in [1.165, 1.54) is 18.2 Å². The fraction of sp³-hybridized carbons (Fsp3) is 0.429. The van der Waals surface area contributed by atoms with E-state index in [4.69, 9.17) is 14.4 Å². The first-order chi connectivity index (χ1) is 14.5. The number of sulfonamides is 1. The molecule has 3 N–H and O–H groups in total. The lowest BCUT2D eigenvalue weighted by molar-refractivity contribution is -0.137. The SMILES string of the molecule is Cc1c(S(N)(=O)=O)ccc(NCc2cccc(C(F)(F)F)c2)c1B1OC(C)(C)C(C)(C)O1. The predicted octanol–water partition coefficient (Wildman–Crippen LogP) is 3.57. The lowest BCUT2D eigenvalue weighted by Crippen LogP contribution is -2.41. The van der Waals surface area contributed by atoms with Gasteiger partial charge in [-0.2, -0.15) is 13.2 Å². The van der Waals surface area contributed by atoms with E-state index in [2.05, 4.69) is 5.32 Å². The molecule has 1 aliphatic heterocycles. The van der Waals surface area contributed by atoms with Crippen molar-refractivity contribution in [2.75, 3.05) is 5.32 Å². The van der Waals surface area contributed by atoms with Crippen LogP contribution in [0.3, 0.4) is 0 Å². The first-order valence-corrected chi connectivity index (χ1v) is 11.5. The number of alkyl halides is 3. The molecule has 3 rings (SSSR count). The van der Waals surface area contributed by atoms with Gasteiger partial charge in [-0.25, -0.2) is 13.6 Å². The Morgan fingerprint density at radius 2 is 1.66 bits per heavy atom. The molecule has 1 fully saturated rings. The van der Waals surface area contributed by atoms with Crippen molar-refractivity contribution < 1.29 is 30.9 Å². The van der Waals surface area contributed by atoms with Crippen LogP contribution in [0.1, 0.15) is 44.4 Å². The van der Waals surface area contributed by atoms with Gasteiger partial charge in [-0.3, -0.25) is 0 Å². The molecule has 0 aliphatic carbocycles. The summed E-state index contributed by atoms with van der Waals surface area (Å²) in [5.41, 5.74) is -0.440. The van der Waals surface area contributed by atoms with Crippen LogP contribution in [0.2, 0.25) is 0 Å². The summed E-state index contributed by atoms with van der Waals surface area (Å²) in [5.74, 6) is 0. The Balaban J connectivity index is 2.01. The number of nitrogens with one attached hydrogen (secondary N) is 1. The number of anilines is 1. The summed E-state index contributed by atoms with van der Waals surface area (Å²) in [6, 6.07) is 7.85. The molecule has 0 radical (unpaired) electrons. The standard InChI is InChI=1S/C21H26BF3N2O4S/c1-13-17(32(26,28)29)10-9-16(18(13)22-30-19(2,3)20(4,5)31-22)27-12-14-7-6-8-15(11-14)21(23,24)25/h6-11,27H,12H2,1-5H3,(H2,26,28,29). The van der Waals surface area contributed by atoms with Crippen LogP contribution in [-0.2, 0) is 32.1 Å². The molecule has 2 aromatic carbocycles. The predicted molar refractivity (Wildman–Crippen MR) is 117 cm³/mol. The zero-order valence-corrected chi connectivity index (χ0v) is 19.3. The van der Waals surface area contributed by atoms with Crippen molar-refractivity contribution in [2.45, 2.75) is 63.4 Å². The molecular weight excluding hydrogens is 444 g/mol. The molecule has 0 unspecified atom stereocenters. The topological polar surface area (TPSA) is 90.7 Å². The number of nitrogens with two attached hydrogens (primary N) is 1. The van der Waals surface area contributed by atoms with Gasteiger partial charge in [0.05, 0.1) is 21.7 Å². The summed E-state index contributed by atoms with van der Waals surface area (Å²) in [6.07, 6.45) is -4.45. The third-order valence-corrected chi connectivity index (χ3v) is 7.05. The third-order valence-electron chi connectivity index (χ3n) is 6.00. The zero-order valence-electron chi connectivity index (χ0n) is 18.5. The van der Waals surface area contributed by atoms with Gasteiger partial charge in [0.25, 0.3) is 0 Å². The maximum atomic E-state index is 13.0. The van der Waals surface area contributed by atoms with Gasteiger partial charge in [0.2, 0.25) is 10.0 Å². The summed E-state index contributed by atoms with van der Waals surface area (Å²) < 4.78 is 75.4. The van der Waals surface area contributed by atoms with Crippen LogP contribution in [-0.4, -0.2) is 26.7 Å². The number of rotatable bonds is 5. The second-order valence-corrected chi connectivity index (χ2v) is 10.4. The minimum atomic E-state index is -4.45. The summed E-state index contributed by atoms with van der Waals surface area (Å²) in [7, 11) is -4.91. The molecule has 0 amide bonds. The minimum Gasteiger partial charge on any atom is -0.399 e. The highest BCUT2D eigenvalue weighted by Crippen LogP contribution is 2.38. The van der Waals surface area contributed by atoms with Crippen molar-refractivity contribution in [3.63, 3.8) is 0 Å². The van der Waals surface area contributed by atoms with Gasteiger partial charge in [0, 0.05) is 17.7 Å². The van der Waals surface area contributed by atoms with E-state index < -0.39 is 40.1 Å². The quantitative estimate of drug-likeness (QED) is 0.653. The van der Waals surface area contributed by atoms with Crippen molar-refractivity contribution in [2.24, 2.45) is 5.14 Å². The van der Waals surface area contributed by atoms with Gasteiger partial charge in [-0.15, -0.1) is 0 Å². The van der Waals surface area contributed by atoms with Crippen molar-refractivity contribution in [1.82, 2.24) is 0 Å². The van der Waals surface area contributed by atoms with E-state index in [-0.39, 0.29) is 11.4 Å². The molecule has 32 heavy (non-hydrogen) atoms. The Labute approximate surface area is 186 Å². The Morgan fingerprint density at radius 1 is 1.06 bits per heavy atom. The van der Waals surface area contributed by atoms with Crippen molar-refractivity contribution in [1.29, 1.82) is 0 Å². The normalized spacial score (nSPS) is 18.1. The average Bonchev–Trinajstić information content (AvgIpc) is 2.85. The molecule has 1 saturated heterocycles. The third kappa shape index (κ3) is 4.80. The van der Waals surface area contributed by atoms with Gasteiger partial charge >= 0.3 is 13.3 Å². The van der Waals surface area contributed by atoms with Gasteiger partial charge in [-0.05, 0) is 70.0 Å². The van der Waals surface area contributed by atoms with Crippen LogP contribution in [0.15, 0.2) is 41.3 Å². The molecule has 0 atom stereocenters. The van der Waals surface area contributed by atoms with E-state index >= 15 is 0 Å². The molecule has 1 aliphatic rings. The molecule has 0 saturated carbocycles. The highest BCUT2D eigenvalue weighted by Gasteiger charge is 2.53. The van der Waals surface area contributed by atoms with Gasteiger partial charge in [-0.1, -0.05) is 12.1 Å².